The first-order valence-electron chi connectivity index (χ1n) is 14.1. The van der Waals surface area contributed by atoms with Crippen LogP contribution in [0.3, 0.4) is 0 Å². The van der Waals surface area contributed by atoms with Crippen LogP contribution in [0.1, 0.15) is 145 Å². The SMILES string of the molecule is CC(C)[O-].CC(C)[O-].CCCCPC1CCCC(CCCC)(CCCC)C1.CCCC[PH][Ti+2]. The average Bonchev–Trinajstić information content (AvgIpc) is 2.75. The Morgan fingerprint density at radius 3 is 1.58 bits per heavy atom. The summed E-state index contributed by atoms with van der Waals surface area (Å²) in [5.41, 5.74) is 1.85. The van der Waals surface area contributed by atoms with Crippen molar-refractivity contribution < 1.29 is 30.1 Å². The third-order valence-corrected chi connectivity index (χ3v) is 9.17. The molecule has 1 fully saturated rings. The molecule has 199 valence electrons. The zero-order chi connectivity index (χ0) is 26.0. The van der Waals surface area contributed by atoms with E-state index < -0.39 is 12.2 Å². The van der Waals surface area contributed by atoms with Gasteiger partial charge in [-0.05, 0) is 55.8 Å². The molecule has 0 aliphatic heterocycles. The van der Waals surface area contributed by atoms with Crippen LogP contribution >= 0.6 is 15.2 Å². The normalized spacial score (nSPS) is 17.6. The average molecular weight is 540 g/mol. The van der Waals surface area contributed by atoms with E-state index in [1.807, 2.05) is 0 Å². The van der Waals surface area contributed by atoms with Gasteiger partial charge in [-0.25, -0.2) is 0 Å². The quantitative estimate of drug-likeness (QED) is 0.135. The summed E-state index contributed by atoms with van der Waals surface area (Å²) in [5.74, 6) is 0. The van der Waals surface area contributed by atoms with Crippen LogP contribution in [-0.4, -0.2) is 30.2 Å². The fourth-order valence-corrected chi connectivity index (χ4v) is 7.37. The number of rotatable bonds is 13. The molecule has 1 saturated carbocycles. The number of unbranched alkanes of at least 4 members (excludes halogenated alkanes) is 4. The van der Waals surface area contributed by atoms with E-state index in [2.05, 4.69) is 47.6 Å². The topological polar surface area (TPSA) is 46.1 Å². The second kappa shape index (κ2) is 29.7. The molecule has 0 aromatic rings. The minimum absolute atomic E-state index is 0.417. The van der Waals surface area contributed by atoms with Crippen LogP contribution in [-0.2, 0) is 19.9 Å². The third kappa shape index (κ3) is 33.5. The molecule has 0 radical (unpaired) electrons. The van der Waals surface area contributed by atoms with Crippen LogP contribution in [0.15, 0.2) is 0 Å². The van der Waals surface area contributed by atoms with Crippen LogP contribution in [0.4, 0.5) is 0 Å². The van der Waals surface area contributed by atoms with E-state index in [9.17, 15) is 10.2 Å². The molecular formula is C28H61O2P2Ti. The van der Waals surface area contributed by atoms with E-state index in [0.29, 0.717) is 0 Å². The third-order valence-electron chi connectivity index (χ3n) is 5.68. The summed E-state index contributed by atoms with van der Waals surface area (Å²) in [6, 6.07) is 0. The van der Waals surface area contributed by atoms with E-state index in [1.54, 1.807) is 47.0 Å². The van der Waals surface area contributed by atoms with E-state index in [1.165, 1.54) is 91.5 Å². The Morgan fingerprint density at radius 1 is 0.788 bits per heavy atom. The molecule has 5 heteroatoms. The van der Waals surface area contributed by atoms with Gasteiger partial charge in [0.15, 0.2) is 0 Å². The van der Waals surface area contributed by atoms with Gasteiger partial charge in [-0.2, -0.15) is 0 Å². The molecule has 1 aliphatic carbocycles. The van der Waals surface area contributed by atoms with Gasteiger partial charge in [-0.1, -0.05) is 87.0 Å². The van der Waals surface area contributed by atoms with Gasteiger partial charge in [0.2, 0.25) is 0 Å². The van der Waals surface area contributed by atoms with Gasteiger partial charge >= 0.3 is 52.4 Å². The maximum atomic E-state index is 9.53. The Labute approximate surface area is 225 Å². The van der Waals surface area contributed by atoms with E-state index in [-0.39, 0.29) is 0 Å². The summed E-state index contributed by atoms with van der Waals surface area (Å²) in [7, 11) is 1.27. The molecule has 0 amide bonds. The molecule has 2 nitrogen and oxygen atoms in total. The van der Waals surface area contributed by atoms with E-state index in [0.717, 1.165) is 17.6 Å². The zero-order valence-electron chi connectivity index (χ0n) is 23.9. The molecule has 0 spiro atoms. The van der Waals surface area contributed by atoms with Gasteiger partial charge in [0.05, 0.1) is 0 Å². The second-order valence-corrected chi connectivity index (χ2v) is 14.4. The van der Waals surface area contributed by atoms with Crippen molar-refractivity contribution in [2.75, 3.05) is 12.3 Å². The molecule has 3 unspecified atom stereocenters. The van der Waals surface area contributed by atoms with Crippen LogP contribution in [0.25, 0.3) is 0 Å². The molecule has 1 rings (SSSR count). The summed E-state index contributed by atoms with van der Waals surface area (Å²) in [6.45, 7) is 16.9. The van der Waals surface area contributed by atoms with Crippen molar-refractivity contribution in [1.29, 1.82) is 0 Å². The van der Waals surface area contributed by atoms with Crippen LogP contribution in [0.2, 0.25) is 0 Å². The molecule has 0 saturated heterocycles. The molecule has 0 aromatic heterocycles. The van der Waals surface area contributed by atoms with Crippen molar-refractivity contribution in [1.82, 2.24) is 0 Å². The Balaban J connectivity index is -0.000000525. The van der Waals surface area contributed by atoms with E-state index >= 15 is 0 Å². The fraction of sp³-hybridized carbons (Fsp3) is 1.00. The summed E-state index contributed by atoms with van der Waals surface area (Å²) >= 11 is 2.26. The Hall–Kier alpha value is 1.49. The van der Waals surface area contributed by atoms with Gasteiger partial charge in [0, 0.05) is 0 Å². The van der Waals surface area contributed by atoms with E-state index in [4.69, 9.17) is 0 Å². The standard InChI is InChI=1S/C18H37P.C4H10P.2C3H7O.Ti/c1-4-7-12-18(13-8-5-2)14-10-11-17(16-18)19-15-9-6-3;1-2-3-4-5;2*1-3(2)4;/h17,19H,4-16H2,1-3H3;5H,2-4H2,1H3;2*3H,1-2H3;/q;3*-1;+3. The predicted octanol–water partition coefficient (Wildman–Crippen LogP) is 8.21. The molecule has 0 N–H and O–H groups in total. The molecule has 3 atom stereocenters. The van der Waals surface area contributed by atoms with Crippen molar-refractivity contribution in [3.63, 3.8) is 0 Å². The van der Waals surface area contributed by atoms with Crippen LogP contribution < -0.4 is 10.2 Å². The fourth-order valence-electron chi connectivity index (χ4n) is 4.06. The molecule has 1 aliphatic rings. The first-order chi connectivity index (χ1) is 15.6. The maximum absolute atomic E-state index is 9.53. The number of hydrogen-bond acceptors (Lipinski definition) is 2. The van der Waals surface area contributed by atoms with Gasteiger partial charge in [0.1, 0.15) is 0 Å². The number of hydrogen-bond donors (Lipinski definition) is 0. The molecule has 33 heavy (non-hydrogen) atoms. The van der Waals surface area contributed by atoms with Crippen molar-refractivity contribution in [3.8, 4) is 0 Å². The molecular weight excluding hydrogens is 478 g/mol. The van der Waals surface area contributed by atoms with Crippen molar-refractivity contribution in [2.24, 2.45) is 5.41 Å². The van der Waals surface area contributed by atoms with Crippen molar-refractivity contribution >= 4 is 15.2 Å². The first kappa shape index (κ1) is 39.0. The predicted molar refractivity (Wildman–Crippen MR) is 150 cm³/mol. The zero-order valence-corrected chi connectivity index (χ0v) is 27.4. The Bertz CT molecular complexity index is 331. The molecule has 0 aromatic carbocycles. The monoisotopic (exact) mass is 539 g/mol. The van der Waals surface area contributed by atoms with Gasteiger partial charge < -0.3 is 10.2 Å². The summed E-state index contributed by atoms with van der Waals surface area (Å²) in [4.78, 5) is 0. The van der Waals surface area contributed by atoms with Gasteiger partial charge in [-0.3, -0.25) is 0 Å². The van der Waals surface area contributed by atoms with Crippen LogP contribution in [0.5, 0.6) is 0 Å². The van der Waals surface area contributed by atoms with Gasteiger partial charge in [0.25, 0.3) is 0 Å². The van der Waals surface area contributed by atoms with Crippen molar-refractivity contribution in [3.05, 3.63) is 0 Å². The first-order valence-corrected chi connectivity index (χ1v) is 18.9. The summed E-state index contributed by atoms with van der Waals surface area (Å²) in [6.07, 6.45) is 22.7. The van der Waals surface area contributed by atoms with Crippen molar-refractivity contribution in [2.45, 2.75) is 163 Å². The minimum atomic E-state index is -0.417. The molecule has 0 heterocycles. The molecule has 0 bridgehead atoms. The van der Waals surface area contributed by atoms with Gasteiger partial charge in [-0.15, -0.1) is 20.8 Å². The second-order valence-electron chi connectivity index (χ2n) is 10.2. The Kier molecular flexibility index (Phi) is 35.1. The summed E-state index contributed by atoms with van der Waals surface area (Å²) < 4.78 is 0. The van der Waals surface area contributed by atoms with Crippen LogP contribution in [0, 0.1) is 5.41 Å². The summed E-state index contributed by atoms with van der Waals surface area (Å²) in [5, 5.41) is 19.1. The Morgan fingerprint density at radius 2 is 1.21 bits per heavy atom.